The van der Waals surface area contributed by atoms with E-state index >= 15 is 0 Å². The number of benzene rings is 1. The van der Waals surface area contributed by atoms with Crippen LogP contribution in [0.25, 0.3) is 0 Å². The van der Waals surface area contributed by atoms with Gasteiger partial charge in [0.2, 0.25) is 11.8 Å². The largest absolute Gasteiger partial charge is 0.490 e. The summed E-state index contributed by atoms with van der Waals surface area (Å²) in [6.07, 6.45) is 0. The van der Waals surface area contributed by atoms with E-state index in [9.17, 15) is 13.6 Å². The number of hydrogen-bond acceptors (Lipinski definition) is 6. The van der Waals surface area contributed by atoms with Gasteiger partial charge in [-0.3, -0.25) is 15.0 Å². The molecule has 0 aliphatic rings. The van der Waals surface area contributed by atoms with Crippen LogP contribution in [0.2, 0.25) is 0 Å². The van der Waals surface area contributed by atoms with Crippen LogP contribution in [0.1, 0.15) is 25.1 Å². The lowest BCUT2D eigenvalue weighted by atomic mass is 10.1. The maximum absolute atomic E-state index is 12.5. The molecule has 27 heavy (non-hydrogen) atoms. The maximum atomic E-state index is 12.5. The van der Waals surface area contributed by atoms with Crippen molar-refractivity contribution >= 4 is 11.8 Å². The summed E-state index contributed by atoms with van der Waals surface area (Å²) in [7, 11) is 1.78. The van der Waals surface area contributed by atoms with Gasteiger partial charge in [-0.05, 0) is 45.5 Å². The molecular weight excluding hydrogens is 360 g/mol. The Morgan fingerprint density at radius 3 is 2.67 bits per heavy atom. The number of hydrogen-bond donors (Lipinski definition) is 1. The third kappa shape index (κ3) is 5.92. The Labute approximate surface area is 156 Å². The summed E-state index contributed by atoms with van der Waals surface area (Å²) in [5.41, 5.74) is 1.46. The summed E-state index contributed by atoms with van der Waals surface area (Å²) in [6, 6.07) is 5.87. The fourth-order valence-electron chi connectivity index (χ4n) is 2.39. The molecule has 0 aliphatic heterocycles. The number of nitrogens with zero attached hydrogens (tertiary/aromatic N) is 2. The third-order valence-electron chi connectivity index (χ3n) is 3.87. The first-order valence-corrected chi connectivity index (χ1v) is 8.45. The van der Waals surface area contributed by atoms with E-state index in [1.54, 1.807) is 50.9 Å². The van der Waals surface area contributed by atoms with Crippen molar-refractivity contribution in [1.29, 1.82) is 0 Å². The second-order valence-corrected chi connectivity index (χ2v) is 6.01. The van der Waals surface area contributed by atoms with E-state index in [4.69, 9.17) is 9.26 Å². The van der Waals surface area contributed by atoms with Crippen LogP contribution in [-0.4, -0.2) is 42.3 Å². The highest BCUT2D eigenvalue weighted by molar-refractivity contribution is 5.93. The van der Waals surface area contributed by atoms with Gasteiger partial charge in [0, 0.05) is 12.6 Å². The number of aryl methyl sites for hydroxylation is 1. The molecule has 2 aromatic rings. The number of ether oxygens (including phenoxy) is 2. The second kappa shape index (κ2) is 9.31. The Morgan fingerprint density at radius 2 is 2.07 bits per heavy atom. The molecule has 1 aromatic heterocycles. The molecule has 0 saturated heterocycles. The van der Waals surface area contributed by atoms with E-state index in [-0.39, 0.29) is 23.3 Å². The predicted octanol–water partition coefficient (Wildman–Crippen LogP) is 3.44. The van der Waals surface area contributed by atoms with Gasteiger partial charge in [0.1, 0.15) is 0 Å². The molecule has 0 unspecified atom stereocenters. The number of carbonyl (C=O) groups is 1. The average Bonchev–Trinajstić information content (AvgIpc) is 3.01. The molecule has 0 spiro atoms. The Morgan fingerprint density at radius 1 is 1.33 bits per heavy atom. The zero-order valence-electron chi connectivity index (χ0n) is 15.7. The first-order chi connectivity index (χ1) is 12.8. The molecule has 1 amide bonds. The molecular formula is C18H23F2N3O4. The zero-order chi connectivity index (χ0) is 20.0. The average molecular weight is 383 g/mol. The Balaban J connectivity index is 2.03. The van der Waals surface area contributed by atoms with Gasteiger partial charge < -0.3 is 14.0 Å². The van der Waals surface area contributed by atoms with Gasteiger partial charge in [0.15, 0.2) is 11.5 Å². The molecule has 1 atom stereocenters. The number of alkyl halides is 2. The molecule has 0 fully saturated rings. The van der Waals surface area contributed by atoms with E-state index < -0.39 is 12.7 Å². The fraction of sp³-hybridized carbons (Fsp3) is 0.444. The van der Waals surface area contributed by atoms with Gasteiger partial charge in [0.25, 0.3) is 0 Å². The lowest BCUT2D eigenvalue weighted by Crippen LogP contribution is -2.39. The summed E-state index contributed by atoms with van der Waals surface area (Å²) < 4.78 is 39.8. The number of aromatic nitrogens is 1. The second-order valence-electron chi connectivity index (χ2n) is 6.01. The summed E-state index contributed by atoms with van der Waals surface area (Å²) in [4.78, 5) is 14.1. The van der Waals surface area contributed by atoms with Crippen molar-refractivity contribution < 1.29 is 27.6 Å². The van der Waals surface area contributed by atoms with Crippen LogP contribution in [0, 0.1) is 6.92 Å². The van der Waals surface area contributed by atoms with E-state index in [0.29, 0.717) is 18.8 Å². The number of halogens is 2. The minimum atomic E-state index is -2.93. The molecule has 7 nitrogen and oxygen atoms in total. The van der Waals surface area contributed by atoms with E-state index in [2.05, 4.69) is 15.2 Å². The predicted molar refractivity (Wildman–Crippen MR) is 95.0 cm³/mol. The van der Waals surface area contributed by atoms with Crippen molar-refractivity contribution in [3.05, 3.63) is 35.5 Å². The molecule has 0 aliphatic carbocycles. The first kappa shape index (κ1) is 20.6. The van der Waals surface area contributed by atoms with E-state index in [1.807, 2.05) is 0 Å². The quantitative estimate of drug-likeness (QED) is 0.715. The first-order valence-electron chi connectivity index (χ1n) is 8.45. The summed E-state index contributed by atoms with van der Waals surface area (Å²) in [5, 5.41) is 6.37. The van der Waals surface area contributed by atoms with Gasteiger partial charge >= 0.3 is 6.61 Å². The number of nitrogens with one attached hydrogen (secondary N) is 1. The summed E-state index contributed by atoms with van der Waals surface area (Å²) >= 11 is 0. The van der Waals surface area contributed by atoms with E-state index in [0.717, 1.165) is 5.56 Å². The molecule has 0 radical (unpaired) electrons. The minimum absolute atomic E-state index is 0.0234. The Kier molecular flexibility index (Phi) is 7.12. The van der Waals surface area contributed by atoms with E-state index in [1.165, 1.54) is 6.07 Å². The van der Waals surface area contributed by atoms with Crippen LogP contribution in [0.4, 0.5) is 14.7 Å². The van der Waals surface area contributed by atoms with Gasteiger partial charge in [-0.15, -0.1) is 0 Å². The minimum Gasteiger partial charge on any atom is -0.490 e. The lowest BCUT2D eigenvalue weighted by Gasteiger charge is -2.24. The van der Waals surface area contributed by atoms with Gasteiger partial charge in [-0.25, -0.2) is 0 Å². The van der Waals surface area contributed by atoms with Crippen LogP contribution in [0.3, 0.4) is 0 Å². The molecule has 0 saturated carbocycles. The highest BCUT2D eigenvalue weighted by Crippen LogP contribution is 2.30. The van der Waals surface area contributed by atoms with Gasteiger partial charge in [-0.1, -0.05) is 11.2 Å². The number of likely N-dealkylation sites (N-methyl/N-ethyl adjacent to an activating group) is 1. The maximum Gasteiger partial charge on any atom is 0.387 e. The van der Waals surface area contributed by atoms with Gasteiger partial charge in [0.05, 0.1) is 18.3 Å². The highest BCUT2D eigenvalue weighted by atomic mass is 19.3. The van der Waals surface area contributed by atoms with Crippen LogP contribution < -0.4 is 14.8 Å². The lowest BCUT2D eigenvalue weighted by molar-refractivity contribution is -0.120. The molecule has 1 N–H and O–H groups in total. The number of carbonyl (C=O) groups excluding carboxylic acids is 1. The summed E-state index contributed by atoms with van der Waals surface area (Å²) in [6.45, 7) is 3.04. The Bertz CT molecular complexity index is 767. The smallest absolute Gasteiger partial charge is 0.387 e. The monoisotopic (exact) mass is 383 g/mol. The van der Waals surface area contributed by atoms with Crippen molar-refractivity contribution in [3.8, 4) is 11.5 Å². The zero-order valence-corrected chi connectivity index (χ0v) is 15.7. The van der Waals surface area contributed by atoms with Crippen molar-refractivity contribution in [3.63, 3.8) is 0 Å². The number of anilines is 1. The number of rotatable bonds is 9. The molecule has 148 valence electrons. The number of amides is 1. The van der Waals surface area contributed by atoms with Crippen LogP contribution >= 0.6 is 0 Å². The van der Waals surface area contributed by atoms with Crippen LogP contribution in [0.15, 0.2) is 28.8 Å². The van der Waals surface area contributed by atoms with Crippen molar-refractivity contribution in [2.45, 2.75) is 40.0 Å². The third-order valence-corrected chi connectivity index (χ3v) is 3.87. The topological polar surface area (TPSA) is 76.8 Å². The SMILES string of the molecule is CCOc1cc(CN(C)[C@@H](C)C(=O)Nc2cc(C)no2)ccc1OC(F)F. The van der Waals surface area contributed by atoms with Crippen molar-refractivity contribution in [2.75, 3.05) is 19.0 Å². The molecule has 0 bridgehead atoms. The normalized spacial score (nSPS) is 12.3. The van der Waals surface area contributed by atoms with Crippen LogP contribution in [-0.2, 0) is 11.3 Å². The molecule has 1 heterocycles. The molecule has 2 rings (SSSR count). The van der Waals surface area contributed by atoms with Crippen molar-refractivity contribution in [1.82, 2.24) is 10.1 Å². The Hall–Kier alpha value is -2.68. The summed E-state index contributed by atoms with van der Waals surface area (Å²) in [5.74, 6) is 0.240. The highest BCUT2D eigenvalue weighted by Gasteiger charge is 2.20. The van der Waals surface area contributed by atoms with Gasteiger partial charge in [-0.2, -0.15) is 8.78 Å². The van der Waals surface area contributed by atoms with Crippen LogP contribution in [0.5, 0.6) is 11.5 Å². The fourth-order valence-corrected chi connectivity index (χ4v) is 2.39. The van der Waals surface area contributed by atoms with Crippen molar-refractivity contribution in [2.24, 2.45) is 0 Å². The molecule has 1 aromatic carbocycles. The standard InChI is InChI=1S/C18H23F2N3O4/c1-5-25-15-9-13(6-7-14(15)26-18(19)20)10-23(4)12(3)17(24)21-16-8-11(2)22-27-16/h6-9,12,18H,5,10H2,1-4H3,(H,21,24)/t12-/m0/s1. The molecule has 9 heteroatoms.